The molecule has 2 rings (SSSR count). The van der Waals surface area contributed by atoms with Crippen molar-refractivity contribution in [3.8, 4) is 0 Å². The SMILES string of the molecule is CCC1(C)CN(C2CC2)C(C(C)C)CN1. The minimum absolute atomic E-state index is 0.355. The summed E-state index contributed by atoms with van der Waals surface area (Å²) in [5.41, 5.74) is 0.355. The molecule has 2 aliphatic rings. The zero-order chi connectivity index (χ0) is 11.1. The van der Waals surface area contributed by atoms with Crippen LogP contribution in [-0.2, 0) is 0 Å². The van der Waals surface area contributed by atoms with Crippen LogP contribution in [0.2, 0.25) is 0 Å². The number of nitrogens with one attached hydrogen (secondary N) is 1. The maximum Gasteiger partial charge on any atom is 0.0278 e. The van der Waals surface area contributed by atoms with Crippen molar-refractivity contribution in [3.63, 3.8) is 0 Å². The summed E-state index contributed by atoms with van der Waals surface area (Å²) >= 11 is 0. The molecule has 1 saturated carbocycles. The number of rotatable bonds is 3. The molecule has 2 unspecified atom stereocenters. The molecule has 0 amide bonds. The lowest BCUT2D eigenvalue weighted by Gasteiger charge is -2.47. The van der Waals surface area contributed by atoms with Gasteiger partial charge in [0.1, 0.15) is 0 Å². The van der Waals surface area contributed by atoms with E-state index in [0.29, 0.717) is 5.54 Å². The Morgan fingerprint density at radius 1 is 1.40 bits per heavy atom. The van der Waals surface area contributed by atoms with Crippen molar-refractivity contribution >= 4 is 0 Å². The summed E-state index contributed by atoms with van der Waals surface area (Å²) in [4.78, 5) is 2.78. The van der Waals surface area contributed by atoms with Gasteiger partial charge in [-0.3, -0.25) is 4.90 Å². The topological polar surface area (TPSA) is 15.3 Å². The predicted octanol–water partition coefficient (Wildman–Crippen LogP) is 2.25. The Labute approximate surface area is 94.4 Å². The average Bonchev–Trinajstić information content (AvgIpc) is 3.00. The van der Waals surface area contributed by atoms with Gasteiger partial charge in [-0.15, -0.1) is 0 Å². The Bertz CT molecular complexity index is 223. The second-order valence-corrected chi connectivity index (χ2v) is 6.01. The second-order valence-electron chi connectivity index (χ2n) is 6.01. The zero-order valence-corrected chi connectivity index (χ0v) is 10.7. The van der Waals surface area contributed by atoms with Gasteiger partial charge in [-0.1, -0.05) is 20.8 Å². The Balaban J connectivity index is 2.05. The normalized spacial score (nSPS) is 38.6. The first kappa shape index (κ1) is 11.4. The lowest BCUT2D eigenvalue weighted by atomic mass is 9.90. The predicted molar refractivity (Wildman–Crippen MR) is 65.1 cm³/mol. The summed E-state index contributed by atoms with van der Waals surface area (Å²) in [7, 11) is 0. The van der Waals surface area contributed by atoms with Crippen LogP contribution in [0.1, 0.15) is 47.0 Å². The molecule has 0 spiro atoms. The monoisotopic (exact) mass is 210 g/mol. The smallest absolute Gasteiger partial charge is 0.0278 e. The van der Waals surface area contributed by atoms with E-state index in [4.69, 9.17) is 0 Å². The van der Waals surface area contributed by atoms with E-state index >= 15 is 0 Å². The van der Waals surface area contributed by atoms with E-state index in [9.17, 15) is 0 Å². The van der Waals surface area contributed by atoms with Gasteiger partial charge in [-0.05, 0) is 32.1 Å². The Morgan fingerprint density at radius 2 is 2.07 bits per heavy atom. The third-order valence-electron chi connectivity index (χ3n) is 4.26. The van der Waals surface area contributed by atoms with Gasteiger partial charge in [-0.25, -0.2) is 0 Å². The quantitative estimate of drug-likeness (QED) is 0.768. The van der Waals surface area contributed by atoms with Gasteiger partial charge in [0.25, 0.3) is 0 Å². The summed E-state index contributed by atoms with van der Waals surface area (Å²) in [5, 5.41) is 3.75. The Kier molecular flexibility index (Phi) is 3.09. The maximum atomic E-state index is 3.75. The van der Waals surface area contributed by atoms with E-state index in [1.165, 1.54) is 32.4 Å². The molecule has 0 bridgehead atoms. The van der Waals surface area contributed by atoms with Crippen molar-refractivity contribution in [2.75, 3.05) is 13.1 Å². The van der Waals surface area contributed by atoms with Gasteiger partial charge in [0, 0.05) is 30.7 Å². The third kappa shape index (κ3) is 2.36. The highest BCUT2D eigenvalue weighted by atomic mass is 15.3. The van der Waals surface area contributed by atoms with Crippen molar-refractivity contribution in [2.24, 2.45) is 5.92 Å². The fourth-order valence-corrected chi connectivity index (χ4v) is 2.71. The minimum atomic E-state index is 0.355. The van der Waals surface area contributed by atoms with E-state index in [2.05, 4.69) is 37.9 Å². The molecule has 15 heavy (non-hydrogen) atoms. The van der Waals surface area contributed by atoms with E-state index in [0.717, 1.165) is 18.0 Å². The summed E-state index contributed by atoms with van der Waals surface area (Å²) in [6.07, 6.45) is 4.10. The average molecular weight is 210 g/mol. The maximum absolute atomic E-state index is 3.75. The van der Waals surface area contributed by atoms with Crippen LogP contribution in [0.5, 0.6) is 0 Å². The van der Waals surface area contributed by atoms with Crippen molar-refractivity contribution < 1.29 is 0 Å². The lowest BCUT2D eigenvalue weighted by molar-refractivity contribution is 0.0535. The first-order valence-corrected chi connectivity index (χ1v) is 6.56. The summed E-state index contributed by atoms with van der Waals surface area (Å²) in [6, 6.07) is 1.67. The van der Waals surface area contributed by atoms with Gasteiger partial charge in [-0.2, -0.15) is 0 Å². The molecule has 0 radical (unpaired) electrons. The van der Waals surface area contributed by atoms with Crippen LogP contribution >= 0.6 is 0 Å². The molecular weight excluding hydrogens is 184 g/mol. The molecule has 0 aromatic rings. The zero-order valence-electron chi connectivity index (χ0n) is 10.7. The summed E-state index contributed by atoms with van der Waals surface area (Å²) in [6.45, 7) is 11.8. The molecular formula is C13H26N2. The van der Waals surface area contributed by atoms with Crippen LogP contribution in [0.25, 0.3) is 0 Å². The first-order chi connectivity index (χ1) is 7.06. The van der Waals surface area contributed by atoms with E-state index in [-0.39, 0.29) is 0 Å². The van der Waals surface area contributed by atoms with Crippen LogP contribution in [-0.4, -0.2) is 35.6 Å². The highest BCUT2D eigenvalue weighted by Gasteiger charge is 2.42. The summed E-state index contributed by atoms with van der Waals surface area (Å²) < 4.78 is 0. The van der Waals surface area contributed by atoms with Gasteiger partial charge >= 0.3 is 0 Å². The first-order valence-electron chi connectivity index (χ1n) is 6.56. The standard InChI is InChI=1S/C13H26N2/c1-5-13(4)9-15(11-6-7-11)12(8-14-13)10(2)3/h10-12,14H,5-9H2,1-4H3. The summed E-state index contributed by atoms with van der Waals surface area (Å²) in [5.74, 6) is 0.777. The highest BCUT2D eigenvalue weighted by molar-refractivity contribution is 5.00. The van der Waals surface area contributed by atoms with Crippen molar-refractivity contribution in [1.29, 1.82) is 0 Å². The van der Waals surface area contributed by atoms with Crippen LogP contribution in [0.3, 0.4) is 0 Å². The van der Waals surface area contributed by atoms with Gasteiger partial charge < -0.3 is 5.32 Å². The fraction of sp³-hybridized carbons (Fsp3) is 1.00. The van der Waals surface area contributed by atoms with Gasteiger partial charge in [0.15, 0.2) is 0 Å². The van der Waals surface area contributed by atoms with E-state index in [1.54, 1.807) is 0 Å². The van der Waals surface area contributed by atoms with Crippen molar-refractivity contribution in [2.45, 2.75) is 64.6 Å². The molecule has 1 aliphatic carbocycles. The molecule has 0 aromatic heterocycles. The van der Waals surface area contributed by atoms with Gasteiger partial charge in [0.2, 0.25) is 0 Å². The molecule has 1 N–H and O–H groups in total. The van der Waals surface area contributed by atoms with Crippen LogP contribution in [0.15, 0.2) is 0 Å². The number of nitrogens with zero attached hydrogens (tertiary/aromatic N) is 1. The van der Waals surface area contributed by atoms with Crippen molar-refractivity contribution in [1.82, 2.24) is 10.2 Å². The van der Waals surface area contributed by atoms with Crippen LogP contribution in [0, 0.1) is 5.92 Å². The number of piperazine rings is 1. The molecule has 2 atom stereocenters. The Hall–Kier alpha value is -0.0800. The molecule has 1 heterocycles. The minimum Gasteiger partial charge on any atom is -0.309 e. The molecule has 2 fully saturated rings. The molecule has 2 nitrogen and oxygen atoms in total. The van der Waals surface area contributed by atoms with Gasteiger partial charge in [0.05, 0.1) is 0 Å². The second kappa shape index (κ2) is 4.06. The van der Waals surface area contributed by atoms with Crippen LogP contribution in [0.4, 0.5) is 0 Å². The number of hydrogen-bond donors (Lipinski definition) is 1. The largest absolute Gasteiger partial charge is 0.309 e. The molecule has 0 aromatic carbocycles. The van der Waals surface area contributed by atoms with E-state index < -0.39 is 0 Å². The number of hydrogen-bond acceptors (Lipinski definition) is 2. The van der Waals surface area contributed by atoms with E-state index in [1.807, 2.05) is 0 Å². The lowest BCUT2D eigenvalue weighted by Crippen LogP contribution is -2.64. The van der Waals surface area contributed by atoms with Crippen LogP contribution < -0.4 is 5.32 Å². The molecule has 1 saturated heterocycles. The molecule has 2 heteroatoms. The van der Waals surface area contributed by atoms with Crippen molar-refractivity contribution in [3.05, 3.63) is 0 Å². The fourth-order valence-electron chi connectivity index (χ4n) is 2.71. The molecule has 88 valence electrons. The highest BCUT2D eigenvalue weighted by Crippen LogP contribution is 2.34. The third-order valence-corrected chi connectivity index (χ3v) is 4.26. The Morgan fingerprint density at radius 3 is 2.53 bits per heavy atom. The molecule has 1 aliphatic heterocycles.